The highest BCUT2D eigenvalue weighted by molar-refractivity contribution is 8.00. The van der Waals surface area contributed by atoms with Crippen molar-refractivity contribution in [2.45, 2.75) is 11.3 Å². The maximum absolute atomic E-state index is 8.49. The van der Waals surface area contributed by atoms with Crippen molar-refractivity contribution in [2.75, 3.05) is 6.26 Å². The lowest BCUT2D eigenvalue weighted by molar-refractivity contribution is -2.00. The summed E-state index contributed by atoms with van der Waals surface area (Å²) in [4.78, 5) is 0. The van der Waals surface area contributed by atoms with Gasteiger partial charge >= 0.3 is 4.41 Å². The van der Waals surface area contributed by atoms with Crippen molar-refractivity contribution in [3.8, 4) is 0 Å². The Hall–Kier alpha value is 0.0400. The van der Waals surface area contributed by atoms with Crippen LogP contribution in [-0.4, -0.2) is 11.4 Å². The maximum Gasteiger partial charge on any atom is 0.492 e. The van der Waals surface area contributed by atoms with Crippen LogP contribution in [0.25, 0.3) is 0 Å². The molecule has 0 amide bonds. The predicted octanol–water partition coefficient (Wildman–Crippen LogP) is -2.71. The lowest BCUT2D eigenvalue weighted by atomic mass is 10.9. The van der Waals surface area contributed by atoms with E-state index in [4.69, 9.17) is 23.2 Å². The van der Waals surface area contributed by atoms with Gasteiger partial charge in [-0.15, -0.1) is 10.2 Å². The summed E-state index contributed by atoms with van der Waals surface area (Å²) in [5.41, 5.74) is 0. The van der Waals surface area contributed by atoms with Crippen molar-refractivity contribution in [2.24, 2.45) is 0 Å². The molecule has 13 heavy (non-hydrogen) atoms. The van der Waals surface area contributed by atoms with Gasteiger partial charge in [0, 0.05) is 11.3 Å². The third-order valence-corrected chi connectivity index (χ3v) is 2.42. The molecule has 0 aliphatic carbocycles. The monoisotopic (exact) mass is 247 g/mol. The van der Waals surface area contributed by atoms with Crippen LogP contribution >= 0.6 is 23.1 Å². The molecular formula is C4H6ClNO5S2. The summed E-state index contributed by atoms with van der Waals surface area (Å²) in [7, 11) is -4.94. The second-order valence-corrected chi connectivity index (χ2v) is 4.59. The molecule has 0 aromatic carbocycles. The minimum Gasteiger partial charge on any atom is -0.222 e. The molecule has 0 unspecified atom stereocenters. The van der Waals surface area contributed by atoms with Gasteiger partial charge < -0.3 is 0 Å². The first kappa shape index (κ1) is 13.0. The molecule has 0 fully saturated rings. The molecule has 1 aromatic heterocycles. The highest BCUT2D eigenvalue weighted by Crippen LogP contribution is 2.21. The van der Waals surface area contributed by atoms with Crippen LogP contribution in [0.15, 0.2) is 8.93 Å². The lowest BCUT2D eigenvalue weighted by Gasteiger charge is -2.17. The molecule has 1 rings (SSSR count). The third-order valence-electron chi connectivity index (χ3n) is 0.646. The number of aromatic nitrogens is 1. The zero-order valence-electron chi connectivity index (χ0n) is 6.68. The molecule has 0 aliphatic rings. The molecule has 0 saturated heterocycles. The Morgan fingerprint density at radius 3 is 2.00 bits per heavy atom. The van der Waals surface area contributed by atoms with Gasteiger partial charge in [0.1, 0.15) is 0 Å². The van der Waals surface area contributed by atoms with Gasteiger partial charge in [0.15, 0.2) is 10.2 Å². The zero-order valence-corrected chi connectivity index (χ0v) is 9.07. The summed E-state index contributed by atoms with van der Waals surface area (Å²) in [6.07, 6.45) is 1.97. The van der Waals surface area contributed by atoms with Gasteiger partial charge in [0.2, 0.25) is 0 Å². The minimum atomic E-state index is -4.94. The van der Waals surface area contributed by atoms with E-state index in [0.29, 0.717) is 0 Å². The number of nitrogens with zero attached hydrogens (tertiary/aromatic N) is 1. The number of thioether (sulfide) groups is 1. The van der Waals surface area contributed by atoms with Crippen molar-refractivity contribution >= 4 is 23.1 Å². The average molecular weight is 248 g/mol. The number of hydrogen-bond acceptors (Lipinski definition) is 7. The molecular weight excluding hydrogens is 242 g/mol. The van der Waals surface area contributed by atoms with Crippen LogP contribution < -0.4 is 18.6 Å². The van der Waals surface area contributed by atoms with E-state index in [0.717, 1.165) is 9.41 Å². The predicted molar refractivity (Wildman–Crippen MR) is 35.3 cm³/mol. The van der Waals surface area contributed by atoms with Crippen LogP contribution in [0.5, 0.6) is 0 Å². The molecule has 0 atom stereocenters. The zero-order chi connectivity index (χ0) is 10.5. The topological polar surface area (TPSA) is 116 Å². The first-order valence-corrected chi connectivity index (χ1v) is 6.02. The van der Waals surface area contributed by atoms with Crippen LogP contribution in [-0.2, 0) is 0 Å². The number of rotatable bonds is 1. The summed E-state index contributed by atoms with van der Waals surface area (Å²) in [6.45, 7) is 1.92. The van der Waals surface area contributed by atoms with Crippen LogP contribution in [0.1, 0.15) is 5.01 Å². The Morgan fingerprint density at radius 1 is 1.38 bits per heavy atom. The van der Waals surface area contributed by atoms with Gasteiger partial charge in [0.05, 0.1) is 0 Å². The van der Waals surface area contributed by atoms with E-state index in [-0.39, 0.29) is 0 Å². The smallest absolute Gasteiger partial charge is 0.222 e. The van der Waals surface area contributed by atoms with Crippen molar-refractivity contribution in [1.29, 1.82) is 0 Å². The van der Waals surface area contributed by atoms with Crippen molar-refractivity contribution in [1.82, 2.24) is 5.16 Å². The lowest BCUT2D eigenvalue weighted by Crippen LogP contribution is -2.68. The summed E-state index contributed by atoms with van der Waals surface area (Å²) in [5.74, 6) is 0. The molecule has 0 radical (unpaired) electrons. The second-order valence-electron chi connectivity index (χ2n) is 1.64. The van der Waals surface area contributed by atoms with Crippen molar-refractivity contribution in [3.05, 3.63) is 5.01 Å². The fourth-order valence-electron chi connectivity index (χ4n) is 0.338. The molecule has 1 aromatic rings. The molecule has 0 bridgehead atoms. The first-order valence-electron chi connectivity index (χ1n) is 2.75. The minimum absolute atomic E-state index is 0.919. The normalized spacial score (nSPS) is 10.6. The quantitative estimate of drug-likeness (QED) is 0.391. The third kappa shape index (κ3) is 9.96. The molecule has 76 valence electrons. The van der Waals surface area contributed by atoms with E-state index >= 15 is 0 Å². The van der Waals surface area contributed by atoms with Gasteiger partial charge in [-0.3, -0.25) is 0 Å². The highest BCUT2D eigenvalue weighted by atomic mass is 35.7. The Labute approximate surface area is 84.5 Å². The Bertz CT molecular complexity index is 243. The first-order chi connectivity index (χ1) is 5.83. The van der Waals surface area contributed by atoms with E-state index < -0.39 is 10.2 Å². The SMILES string of the molecule is CSc1[o+]nc(C)s1.[O-][Cl+3]([O-])([O-])[O-]. The molecule has 9 heteroatoms. The summed E-state index contributed by atoms with van der Waals surface area (Å²) in [6, 6.07) is 0. The Balaban J connectivity index is 0.000000252. The van der Waals surface area contributed by atoms with Crippen molar-refractivity contribution < 1.29 is 33.4 Å². The number of halogens is 1. The summed E-state index contributed by atoms with van der Waals surface area (Å²) in [5, 5.41) is 4.69. The fourth-order valence-corrected chi connectivity index (χ4v) is 1.54. The maximum atomic E-state index is 8.49. The molecule has 0 saturated carbocycles. The fraction of sp³-hybridized carbons (Fsp3) is 0.500. The average Bonchev–Trinajstić information content (AvgIpc) is 2.31. The number of aryl methyl sites for hydroxylation is 1. The Kier molecular flexibility index (Phi) is 5.72. The van der Waals surface area contributed by atoms with Gasteiger partial charge in [-0.2, -0.15) is 0 Å². The van der Waals surface area contributed by atoms with Gasteiger partial charge in [-0.05, 0) is 29.5 Å². The summed E-state index contributed by atoms with van der Waals surface area (Å²) < 4.78 is 39.7. The van der Waals surface area contributed by atoms with Gasteiger partial charge in [-0.25, -0.2) is 18.6 Å². The van der Waals surface area contributed by atoms with Crippen LogP contribution in [0, 0.1) is 17.2 Å². The van der Waals surface area contributed by atoms with Crippen LogP contribution in [0.4, 0.5) is 0 Å². The van der Waals surface area contributed by atoms with E-state index in [2.05, 4.69) is 5.16 Å². The number of hydrogen-bond donors (Lipinski definition) is 0. The van der Waals surface area contributed by atoms with Gasteiger partial charge in [-0.1, -0.05) is 0 Å². The standard InChI is InChI=1S/C4H6NOS2.ClHO4/c1-3-5-6-4(7-2)8-3;2-1(3,4)5/h1-2H3;(H,2,3,4,5)/q+1;/p-1. The molecule has 0 spiro atoms. The van der Waals surface area contributed by atoms with Gasteiger partial charge in [0.25, 0.3) is 0 Å². The molecule has 1 heterocycles. The highest BCUT2D eigenvalue weighted by Gasteiger charge is 2.11. The largest absolute Gasteiger partial charge is 0.492 e. The second kappa shape index (κ2) is 5.70. The van der Waals surface area contributed by atoms with Crippen molar-refractivity contribution in [3.63, 3.8) is 0 Å². The molecule has 0 N–H and O–H groups in total. The van der Waals surface area contributed by atoms with E-state index in [1.54, 1.807) is 23.1 Å². The Morgan fingerprint density at radius 2 is 1.85 bits per heavy atom. The van der Waals surface area contributed by atoms with Crippen LogP contribution in [0.2, 0.25) is 0 Å². The summed E-state index contributed by atoms with van der Waals surface area (Å²) >= 11 is 3.15. The van der Waals surface area contributed by atoms with E-state index in [9.17, 15) is 0 Å². The molecule has 6 nitrogen and oxygen atoms in total. The van der Waals surface area contributed by atoms with Crippen LogP contribution in [0.3, 0.4) is 0 Å². The molecule has 0 aliphatic heterocycles. The van der Waals surface area contributed by atoms with E-state index in [1.165, 1.54) is 0 Å². The van der Waals surface area contributed by atoms with E-state index in [1.807, 2.05) is 13.2 Å².